The molecule has 0 aromatic rings. The maximum absolute atomic E-state index is 5.88. The molecule has 2 aliphatic heterocycles. The van der Waals surface area contributed by atoms with Gasteiger partial charge < -0.3 is 0 Å². The molecule has 5 nitrogen and oxygen atoms in total. The summed E-state index contributed by atoms with van der Waals surface area (Å²) in [6.07, 6.45) is 1.45. The minimum Gasteiger partial charge on any atom is -0.293 e. The predicted octanol–water partition coefficient (Wildman–Crippen LogP) is -0.698. The second kappa shape index (κ2) is 2.44. The Morgan fingerprint density at radius 3 is 3.36 bits per heavy atom. The maximum Gasteiger partial charge on any atom is 0.136 e. The fourth-order valence-corrected chi connectivity index (χ4v) is 1.43. The number of amidine groups is 1. The quantitative estimate of drug-likeness (QED) is 0.289. The third kappa shape index (κ3) is 1.11. The van der Waals surface area contributed by atoms with Crippen LogP contribution in [-0.4, -0.2) is 29.3 Å². The Hall–Kier alpha value is -0.650. The maximum atomic E-state index is 5.88. The molecule has 0 spiro atoms. The Morgan fingerprint density at radius 2 is 2.64 bits per heavy atom. The average molecular weight is 174 g/mol. The van der Waals surface area contributed by atoms with Crippen LogP contribution in [0.25, 0.3) is 0 Å². The SMILES string of the molecule is NN1CC2C(=NC=NC2Cl)N1. The molecule has 2 aliphatic rings. The third-order valence-corrected chi connectivity index (χ3v) is 2.16. The molecule has 1 fully saturated rings. The van der Waals surface area contributed by atoms with E-state index >= 15 is 0 Å². The van der Waals surface area contributed by atoms with Gasteiger partial charge in [0.1, 0.15) is 17.7 Å². The van der Waals surface area contributed by atoms with Crippen LogP contribution in [-0.2, 0) is 0 Å². The van der Waals surface area contributed by atoms with Crippen molar-refractivity contribution in [2.45, 2.75) is 5.50 Å². The lowest BCUT2D eigenvalue weighted by Gasteiger charge is -2.13. The van der Waals surface area contributed by atoms with Gasteiger partial charge in [0.15, 0.2) is 0 Å². The lowest BCUT2D eigenvalue weighted by atomic mass is 10.1. The van der Waals surface area contributed by atoms with Crippen LogP contribution in [0.15, 0.2) is 9.98 Å². The molecule has 0 aromatic heterocycles. The lowest BCUT2D eigenvalue weighted by Crippen LogP contribution is -2.39. The van der Waals surface area contributed by atoms with E-state index in [1.54, 1.807) is 0 Å². The number of nitrogens with two attached hydrogens (primary N) is 1. The van der Waals surface area contributed by atoms with Gasteiger partial charge in [0, 0.05) is 6.54 Å². The molecule has 11 heavy (non-hydrogen) atoms. The molecule has 2 atom stereocenters. The number of nitrogens with zero attached hydrogens (tertiary/aromatic N) is 3. The van der Waals surface area contributed by atoms with Crippen molar-refractivity contribution >= 4 is 23.8 Å². The second-order valence-corrected chi connectivity index (χ2v) is 2.97. The Kier molecular flexibility index (Phi) is 1.56. The minimum atomic E-state index is -0.233. The Balaban J connectivity index is 2.22. The molecular weight excluding hydrogens is 166 g/mol. The lowest BCUT2D eigenvalue weighted by molar-refractivity contribution is 0.267. The highest BCUT2D eigenvalue weighted by Gasteiger charge is 2.33. The number of halogens is 1. The van der Waals surface area contributed by atoms with Gasteiger partial charge >= 0.3 is 0 Å². The molecular formula is C5H8ClN5. The first-order valence-corrected chi connectivity index (χ1v) is 3.73. The molecule has 0 radical (unpaired) electrons. The summed E-state index contributed by atoms with van der Waals surface area (Å²) < 4.78 is 0. The number of aliphatic imine (C=N–C) groups is 2. The van der Waals surface area contributed by atoms with E-state index in [-0.39, 0.29) is 11.4 Å². The number of rotatable bonds is 0. The minimum absolute atomic E-state index is 0.117. The summed E-state index contributed by atoms with van der Waals surface area (Å²) in [4.78, 5) is 7.94. The van der Waals surface area contributed by atoms with Crippen LogP contribution in [0.5, 0.6) is 0 Å². The summed E-state index contributed by atoms with van der Waals surface area (Å²) in [6, 6.07) is 0. The summed E-state index contributed by atoms with van der Waals surface area (Å²) in [5.41, 5.74) is 2.64. The van der Waals surface area contributed by atoms with E-state index in [1.807, 2.05) is 0 Å². The predicted molar refractivity (Wildman–Crippen MR) is 43.1 cm³/mol. The zero-order valence-electron chi connectivity index (χ0n) is 5.74. The number of hydrogen-bond acceptors (Lipinski definition) is 5. The fraction of sp³-hybridized carbons (Fsp3) is 0.600. The average Bonchev–Trinajstić information content (AvgIpc) is 2.31. The van der Waals surface area contributed by atoms with E-state index in [1.165, 1.54) is 11.5 Å². The van der Waals surface area contributed by atoms with Crippen molar-refractivity contribution in [2.24, 2.45) is 21.7 Å². The van der Waals surface area contributed by atoms with Crippen LogP contribution in [0.1, 0.15) is 0 Å². The van der Waals surface area contributed by atoms with Crippen LogP contribution < -0.4 is 11.3 Å². The number of hydrazine groups is 2. The highest BCUT2D eigenvalue weighted by Crippen LogP contribution is 2.20. The van der Waals surface area contributed by atoms with E-state index in [9.17, 15) is 0 Å². The molecule has 0 bridgehead atoms. The first-order valence-electron chi connectivity index (χ1n) is 3.29. The summed E-state index contributed by atoms with van der Waals surface area (Å²) >= 11 is 5.88. The molecule has 3 N–H and O–H groups in total. The number of nitrogens with one attached hydrogen (secondary N) is 1. The molecule has 60 valence electrons. The Labute approximate surface area is 68.9 Å². The van der Waals surface area contributed by atoms with Gasteiger partial charge in [-0.05, 0) is 0 Å². The number of hydrogen-bond donors (Lipinski definition) is 2. The summed E-state index contributed by atoms with van der Waals surface area (Å²) in [7, 11) is 0. The van der Waals surface area contributed by atoms with Gasteiger partial charge in [0.2, 0.25) is 0 Å². The van der Waals surface area contributed by atoms with Gasteiger partial charge in [-0.3, -0.25) is 16.3 Å². The van der Waals surface area contributed by atoms with Crippen molar-refractivity contribution in [1.82, 2.24) is 10.5 Å². The molecule has 2 rings (SSSR count). The fourth-order valence-electron chi connectivity index (χ4n) is 1.18. The topological polar surface area (TPSA) is 66.0 Å². The highest BCUT2D eigenvalue weighted by molar-refractivity contribution is 6.23. The standard InChI is InChI=1S/C5H8ClN5/c6-4-3-1-11(7)10-5(3)9-2-8-4/h2-4H,1,7H2,(H,8,9,10). The van der Waals surface area contributed by atoms with Gasteiger partial charge in [-0.1, -0.05) is 11.6 Å². The van der Waals surface area contributed by atoms with E-state index in [2.05, 4.69) is 15.4 Å². The van der Waals surface area contributed by atoms with Gasteiger partial charge in [-0.2, -0.15) is 5.12 Å². The molecule has 0 saturated carbocycles. The smallest absolute Gasteiger partial charge is 0.136 e. The van der Waals surface area contributed by atoms with Crippen LogP contribution in [0.4, 0.5) is 0 Å². The van der Waals surface area contributed by atoms with Crippen LogP contribution in [0.2, 0.25) is 0 Å². The molecule has 2 heterocycles. The largest absolute Gasteiger partial charge is 0.293 e. The van der Waals surface area contributed by atoms with Crippen molar-refractivity contribution in [3.05, 3.63) is 0 Å². The van der Waals surface area contributed by atoms with Gasteiger partial charge in [-0.25, -0.2) is 4.99 Å². The van der Waals surface area contributed by atoms with Gasteiger partial charge in [-0.15, -0.1) is 0 Å². The van der Waals surface area contributed by atoms with E-state index < -0.39 is 0 Å². The van der Waals surface area contributed by atoms with E-state index in [0.29, 0.717) is 6.54 Å². The van der Waals surface area contributed by atoms with E-state index in [0.717, 1.165) is 5.84 Å². The zero-order chi connectivity index (χ0) is 7.84. The highest BCUT2D eigenvalue weighted by atomic mass is 35.5. The molecule has 0 amide bonds. The molecule has 0 aliphatic carbocycles. The van der Waals surface area contributed by atoms with Crippen molar-refractivity contribution in [2.75, 3.05) is 6.54 Å². The van der Waals surface area contributed by atoms with Crippen molar-refractivity contribution < 1.29 is 0 Å². The monoisotopic (exact) mass is 173 g/mol. The second-order valence-electron chi connectivity index (χ2n) is 2.52. The van der Waals surface area contributed by atoms with Crippen molar-refractivity contribution in [3.8, 4) is 0 Å². The summed E-state index contributed by atoms with van der Waals surface area (Å²) in [6.45, 7) is 0.657. The molecule has 0 aromatic carbocycles. The van der Waals surface area contributed by atoms with E-state index in [4.69, 9.17) is 17.4 Å². The number of alkyl halides is 1. The van der Waals surface area contributed by atoms with Crippen LogP contribution in [0, 0.1) is 5.92 Å². The molecule has 6 heteroatoms. The summed E-state index contributed by atoms with van der Waals surface area (Å²) in [5.74, 6) is 6.41. The van der Waals surface area contributed by atoms with Crippen molar-refractivity contribution in [1.29, 1.82) is 0 Å². The summed E-state index contributed by atoms with van der Waals surface area (Å²) in [5, 5.41) is 1.47. The Morgan fingerprint density at radius 1 is 1.82 bits per heavy atom. The zero-order valence-corrected chi connectivity index (χ0v) is 6.49. The van der Waals surface area contributed by atoms with Gasteiger partial charge in [0.25, 0.3) is 0 Å². The third-order valence-electron chi connectivity index (χ3n) is 1.74. The first-order chi connectivity index (χ1) is 5.27. The molecule has 1 saturated heterocycles. The van der Waals surface area contributed by atoms with Crippen molar-refractivity contribution in [3.63, 3.8) is 0 Å². The van der Waals surface area contributed by atoms with Gasteiger partial charge in [0.05, 0.1) is 5.92 Å². The van der Waals surface area contributed by atoms with Crippen LogP contribution in [0.3, 0.4) is 0 Å². The molecule has 2 unspecified atom stereocenters. The van der Waals surface area contributed by atoms with Crippen LogP contribution >= 0.6 is 11.6 Å². The Bertz CT molecular complexity index is 225. The number of fused-ring (bicyclic) bond motifs is 1. The first kappa shape index (κ1) is 7.02. The normalized spacial score (nSPS) is 36.4.